The average molecular weight is 460 g/mol. The lowest BCUT2D eigenvalue weighted by Crippen LogP contribution is -2.25. The van der Waals surface area contributed by atoms with Gasteiger partial charge in [-0.3, -0.25) is 4.79 Å². The number of fused-ring (bicyclic) bond motifs is 1. The number of ether oxygens (including phenoxy) is 1. The Morgan fingerprint density at radius 2 is 1.85 bits per heavy atom. The molecule has 0 N–H and O–H groups in total. The predicted molar refractivity (Wildman–Crippen MR) is 132 cm³/mol. The van der Waals surface area contributed by atoms with Gasteiger partial charge in [-0.15, -0.1) is 0 Å². The van der Waals surface area contributed by atoms with Gasteiger partial charge in [-0.1, -0.05) is 35.9 Å². The third kappa shape index (κ3) is 4.33. The van der Waals surface area contributed by atoms with E-state index in [4.69, 9.17) is 21.3 Å². The number of halogens is 1. The maximum Gasteiger partial charge on any atom is 0.227 e. The van der Waals surface area contributed by atoms with Crippen LogP contribution in [0.4, 0.5) is 5.69 Å². The molecule has 2 heterocycles. The van der Waals surface area contributed by atoms with Gasteiger partial charge in [0, 0.05) is 29.6 Å². The summed E-state index contributed by atoms with van der Waals surface area (Å²) in [6.07, 6.45) is 0.453. The Labute approximate surface area is 198 Å². The number of para-hydroxylation sites is 2. The number of benzene rings is 3. The SMILES string of the molecule is Cc1ccc(C)c(N2CC(c3nc4ccccc4n3CCOc3ccc(Cl)cc3)CC2=O)c1. The summed E-state index contributed by atoms with van der Waals surface area (Å²) < 4.78 is 8.16. The fourth-order valence-electron chi connectivity index (χ4n) is 4.55. The minimum Gasteiger partial charge on any atom is -0.492 e. The molecule has 1 fully saturated rings. The van der Waals surface area contributed by atoms with Gasteiger partial charge in [0.1, 0.15) is 18.2 Å². The van der Waals surface area contributed by atoms with E-state index in [-0.39, 0.29) is 11.8 Å². The van der Waals surface area contributed by atoms with Crippen LogP contribution in [0.3, 0.4) is 0 Å². The molecule has 0 saturated carbocycles. The number of amides is 1. The second-order valence-corrected chi connectivity index (χ2v) is 9.04. The van der Waals surface area contributed by atoms with E-state index in [0.717, 1.165) is 39.4 Å². The second-order valence-electron chi connectivity index (χ2n) is 8.61. The fraction of sp³-hybridized carbons (Fsp3) is 0.259. The first-order valence-corrected chi connectivity index (χ1v) is 11.6. The topological polar surface area (TPSA) is 47.4 Å². The summed E-state index contributed by atoms with van der Waals surface area (Å²) in [4.78, 5) is 19.9. The number of imidazole rings is 1. The zero-order valence-electron chi connectivity index (χ0n) is 18.8. The van der Waals surface area contributed by atoms with Crippen molar-refractivity contribution in [2.45, 2.75) is 32.7 Å². The van der Waals surface area contributed by atoms with Crippen LogP contribution in [-0.2, 0) is 11.3 Å². The molecule has 5 rings (SSSR count). The summed E-state index contributed by atoms with van der Waals surface area (Å²) in [6.45, 7) is 5.88. The van der Waals surface area contributed by atoms with Gasteiger partial charge in [0.25, 0.3) is 0 Å². The number of aryl methyl sites for hydroxylation is 2. The van der Waals surface area contributed by atoms with Gasteiger partial charge in [0.15, 0.2) is 0 Å². The van der Waals surface area contributed by atoms with Crippen molar-refractivity contribution in [1.29, 1.82) is 0 Å². The van der Waals surface area contributed by atoms with Crippen LogP contribution in [0.2, 0.25) is 5.02 Å². The average Bonchev–Trinajstić information content (AvgIpc) is 3.37. The molecule has 4 aromatic rings. The lowest BCUT2D eigenvalue weighted by Gasteiger charge is -2.20. The molecule has 5 nitrogen and oxygen atoms in total. The van der Waals surface area contributed by atoms with Crippen molar-refractivity contribution in [1.82, 2.24) is 9.55 Å². The van der Waals surface area contributed by atoms with Crippen LogP contribution in [0.1, 0.15) is 29.3 Å². The quantitative estimate of drug-likeness (QED) is 0.360. The number of aromatic nitrogens is 2. The monoisotopic (exact) mass is 459 g/mol. The molecule has 0 aliphatic carbocycles. The van der Waals surface area contributed by atoms with Crippen molar-refractivity contribution >= 4 is 34.2 Å². The Hall–Kier alpha value is -3.31. The largest absolute Gasteiger partial charge is 0.492 e. The lowest BCUT2D eigenvalue weighted by atomic mass is 10.1. The molecule has 0 bridgehead atoms. The Kier molecular flexibility index (Phi) is 5.81. The zero-order valence-corrected chi connectivity index (χ0v) is 19.5. The molecule has 168 valence electrons. The molecule has 1 amide bonds. The number of carbonyl (C=O) groups is 1. The molecule has 6 heteroatoms. The van der Waals surface area contributed by atoms with Crippen LogP contribution in [0.25, 0.3) is 11.0 Å². The number of anilines is 1. The van der Waals surface area contributed by atoms with Crippen molar-refractivity contribution < 1.29 is 9.53 Å². The highest BCUT2D eigenvalue weighted by Crippen LogP contribution is 2.35. The van der Waals surface area contributed by atoms with Crippen LogP contribution < -0.4 is 9.64 Å². The smallest absolute Gasteiger partial charge is 0.227 e. The molecule has 1 aliphatic heterocycles. The number of carbonyl (C=O) groups excluding carboxylic acids is 1. The third-order valence-electron chi connectivity index (χ3n) is 6.23. The van der Waals surface area contributed by atoms with Gasteiger partial charge in [-0.2, -0.15) is 0 Å². The van der Waals surface area contributed by atoms with Crippen LogP contribution in [0, 0.1) is 13.8 Å². The fourth-order valence-corrected chi connectivity index (χ4v) is 4.68. The van der Waals surface area contributed by atoms with Crippen LogP contribution >= 0.6 is 11.6 Å². The first-order chi connectivity index (χ1) is 16.0. The van der Waals surface area contributed by atoms with Crippen molar-refractivity contribution in [3.63, 3.8) is 0 Å². The molecule has 0 radical (unpaired) electrons. The molecule has 1 aliphatic rings. The highest BCUT2D eigenvalue weighted by Gasteiger charge is 2.35. The maximum atomic E-state index is 13.0. The number of nitrogens with zero attached hydrogens (tertiary/aromatic N) is 3. The molecular weight excluding hydrogens is 434 g/mol. The Morgan fingerprint density at radius 3 is 2.67 bits per heavy atom. The van der Waals surface area contributed by atoms with Gasteiger partial charge < -0.3 is 14.2 Å². The van der Waals surface area contributed by atoms with E-state index in [1.165, 1.54) is 0 Å². The Morgan fingerprint density at radius 1 is 1.06 bits per heavy atom. The van der Waals surface area contributed by atoms with E-state index >= 15 is 0 Å². The molecule has 1 aromatic heterocycles. The molecule has 1 unspecified atom stereocenters. The van der Waals surface area contributed by atoms with Crippen LogP contribution in [0.15, 0.2) is 66.7 Å². The number of hydrogen-bond donors (Lipinski definition) is 0. The highest BCUT2D eigenvalue weighted by molar-refractivity contribution is 6.30. The molecule has 1 saturated heterocycles. The van der Waals surface area contributed by atoms with Gasteiger partial charge in [-0.25, -0.2) is 4.98 Å². The van der Waals surface area contributed by atoms with Gasteiger partial charge >= 0.3 is 0 Å². The minimum absolute atomic E-state index is 0.0281. The highest BCUT2D eigenvalue weighted by atomic mass is 35.5. The Balaban J connectivity index is 1.41. The number of hydrogen-bond acceptors (Lipinski definition) is 3. The lowest BCUT2D eigenvalue weighted by molar-refractivity contribution is -0.117. The summed E-state index contributed by atoms with van der Waals surface area (Å²) >= 11 is 5.97. The van der Waals surface area contributed by atoms with Gasteiger partial charge in [0.05, 0.1) is 17.6 Å². The minimum atomic E-state index is 0.0281. The molecule has 0 spiro atoms. The summed E-state index contributed by atoms with van der Waals surface area (Å²) in [5, 5.41) is 0.685. The summed E-state index contributed by atoms with van der Waals surface area (Å²) in [5.74, 6) is 1.89. The molecule has 1 atom stereocenters. The van der Waals surface area contributed by atoms with Crippen LogP contribution in [-0.4, -0.2) is 28.6 Å². The predicted octanol–water partition coefficient (Wildman–Crippen LogP) is 5.91. The van der Waals surface area contributed by atoms with E-state index < -0.39 is 0 Å². The summed E-state index contributed by atoms with van der Waals surface area (Å²) in [5.41, 5.74) is 5.26. The van der Waals surface area contributed by atoms with E-state index in [0.29, 0.717) is 31.1 Å². The van der Waals surface area contributed by atoms with E-state index in [2.05, 4.69) is 42.7 Å². The summed E-state index contributed by atoms with van der Waals surface area (Å²) in [6, 6.07) is 21.7. The van der Waals surface area contributed by atoms with Gasteiger partial charge in [-0.05, 0) is 67.4 Å². The second kappa shape index (κ2) is 8.91. The van der Waals surface area contributed by atoms with Crippen molar-refractivity contribution in [2.75, 3.05) is 18.1 Å². The Bertz CT molecular complexity index is 1310. The van der Waals surface area contributed by atoms with Crippen LogP contribution in [0.5, 0.6) is 5.75 Å². The third-order valence-corrected chi connectivity index (χ3v) is 6.48. The molecular formula is C27H26ClN3O2. The normalized spacial score (nSPS) is 16.0. The van der Waals surface area contributed by atoms with E-state index in [1.54, 1.807) is 0 Å². The molecule has 33 heavy (non-hydrogen) atoms. The first-order valence-electron chi connectivity index (χ1n) is 11.2. The maximum absolute atomic E-state index is 13.0. The zero-order chi connectivity index (χ0) is 22.9. The number of rotatable bonds is 6. The first kappa shape index (κ1) is 21.5. The van der Waals surface area contributed by atoms with E-state index in [9.17, 15) is 4.79 Å². The van der Waals surface area contributed by atoms with E-state index in [1.807, 2.05) is 47.4 Å². The standard InChI is InChI=1S/C27H26ClN3O2/c1-18-7-8-19(2)25(15-18)31-17-20(16-26(31)32)27-29-23-5-3-4-6-24(23)30(27)13-14-33-22-11-9-21(28)10-12-22/h3-12,15,20H,13-14,16-17H2,1-2H3. The van der Waals surface area contributed by atoms with Crippen molar-refractivity contribution in [3.05, 3.63) is 88.7 Å². The van der Waals surface area contributed by atoms with Crippen molar-refractivity contribution in [3.8, 4) is 5.75 Å². The van der Waals surface area contributed by atoms with Gasteiger partial charge in [0.2, 0.25) is 5.91 Å². The summed E-state index contributed by atoms with van der Waals surface area (Å²) in [7, 11) is 0. The molecule has 3 aromatic carbocycles. The van der Waals surface area contributed by atoms with Crippen molar-refractivity contribution in [2.24, 2.45) is 0 Å².